The lowest BCUT2D eigenvalue weighted by molar-refractivity contribution is -0.237. The van der Waals surface area contributed by atoms with Gasteiger partial charge in [-0.05, 0) is 201 Å². The average Bonchev–Trinajstić information content (AvgIpc) is 1.41. The number of phosphoric ester groups is 1. The number of ether oxygens (including phenoxy) is 4. The number of phosphoric acid groups is 1. The van der Waals surface area contributed by atoms with Gasteiger partial charge in [0.25, 0.3) is 0 Å². The van der Waals surface area contributed by atoms with Gasteiger partial charge in [0, 0.05) is 33.8 Å². The normalized spacial score (nSPS) is 28.0. The molecule has 2 heterocycles. The number of allylic oxidation sites excluding steroid dienone is 4. The molecule has 6 aliphatic rings. The standard InChI is InChI=1S/C47H52FNO6.C18H29NO5.C8H19O4P/c1-43-24-21-36(50)27-35(43)19-20-37-38-28-41-47(44(38,2)29-39(51)46(37,43)48,55-42(54-41)31-22-25-49(3)26-23-31)40(52)30-53-45(32-13-7-4-8-14-32,33-15-9-5-10-16-33)34-17-11-6-12-18-34;1-17(2,3)19(16(23)24-18(4,5)6)10-15(22)12-7-8-14(21)13(9-12)11-20;1-7(2,3)11-13(9,10)12-8(4,5)6/h4-18,21,24,27,31,37-39,41-42,51H,19-20,22-23,25-26,28-30H2,1-3H3;7-9,15,20-22H,10-11H2,1-6H3;1-6H3,(H,9,10)/t37-,38-,39-,41-,42?,43-,44-,46?,47+;;/m0../s1. The molecular formula is C73H100FN2O15P. The number of aromatic hydroxyl groups is 1. The maximum atomic E-state index is 18.2. The molecule has 4 aromatic rings. The number of hydrogen-bond acceptors (Lipinski definition) is 15. The topological polar surface area (TPSA) is 231 Å². The van der Waals surface area contributed by atoms with E-state index >= 15 is 9.18 Å². The van der Waals surface area contributed by atoms with Crippen LogP contribution in [0.2, 0.25) is 0 Å². The first-order valence-corrected chi connectivity index (χ1v) is 33.8. The Morgan fingerprint density at radius 3 is 1.82 bits per heavy atom. The van der Waals surface area contributed by atoms with Crippen molar-refractivity contribution in [2.45, 2.75) is 206 Å². The summed E-state index contributed by atoms with van der Waals surface area (Å²) in [6.07, 6.45) is 3.78. The largest absolute Gasteiger partial charge is 0.508 e. The highest BCUT2D eigenvalue weighted by molar-refractivity contribution is 7.47. The third-order valence-electron chi connectivity index (χ3n) is 19.1. The van der Waals surface area contributed by atoms with Gasteiger partial charge in [0.15, 0.2) is 29.1 Å². The summed E-state index contributed by atoms with van der Waals surface area (Å²) in [5, 5.41) is 41.6. The number of benzene rings is 4. The van der Waals surface area contributed by atoms with E-state index in [0.717, 1.165) is 48.2 Å². The second kappa shape index (κ2) is 27.3. The molecule has 0 bridgehead atoms. The first-order valence-electron chi connectivity index (χ1n) is 32.3. The molecule has 2 aliphatic heterocycles. The molecule has 3 unspecified atom stereocenters. The second-order valence-corrected chi connectivity index (χ2v) is 31.5. The van der Waals surface area contributed by atoms with Crippen LogP contribution >= 0.6 is 7.82 Å². The molecule has 0 spiro atoms. The molecule has 2 saturated heterocycles. The number of aliphatic hydroxyl groups excluding tert-OH is 3. The Hall–Kier alpha value is -5.47. The zero-order valence-corrected chi connectivity index (χ0v) is 57.4. The van der Waals surface area contributed by atoms with E-state index in [0.29, 0.717) is 30.4 Å². The molecule has 5 N–H and O–H groups in total. The van der Waals surface area contributed by atoms with Crippen molar-refractivity contribution in [1.82, 2.24) is 9.80 Å². The zero-order valence-electron chi connectivity index (χ0n) is 56.5. The number of fused-ring (bicyclic) bond motifs is 7. The van der Waals surface area contributed by atoms with Crippen LogP contribution in [0.1, 0.15) is 169 Å². The summed E-state index contributed by atoms with van der Waals surface area (Å²) in [6, 6.07) is 34.5. The van der Waals surface area contributed by atoms with Gasteiger partial charge in [0.1, 0.15) is 23.6 Å². The molecule has 10 rings (SSSR count). The number of β-amino-alcohol motifs (C(OH)–C–C–N with tert-alkyl or cyclic N) is 1. The monoisotopic (exact) mass is 1290 g/mol. The van der Waals surface area contributed by atoms with Gasteiger partial charge in [-0.2, -0.15) is 0 Å². The molecule has 19 heteroatoms. The van der Waals surface area contributed by atoms with Crippen molar-refractivity contribution in [2.24, 2.45) is 28.6 Å². The van der Waals surface area contributed by atoms with Crippen molar-refractivity contribution in [3.8, 4) is 5.75 Å². The fourth-order valence-corrected chi connectivity index (χ4v) is 16.3. The number of piperidine rings is 1. The van der Waals surface area contributed by atoms with E-state index < -0.39 is 94.5 Å². The van der Waals surface area contributed by atoms with Crippen LogP contribution in [0.4, 0.5) is 9.18 Å². The lowest BCUT2D eigenvalue weighted by Gasteiger charge is -2.62. The van der Waals surface area contributed by atoms with Crippen LogP contribution in [-0.4, -0.2) is 138 Å². The lowest BCUT2D eigenvalue weighted by atomic mass is 9.44. The minimum atomic E-state index is -3.94. The van der Waals surface area contributed by atoms with Crippen LogP contribution in [0.5, 0.6) is 5.75 Å². The molecule has 5 fully saturated rings. The van der Waals surface area contributed by atoms with Gasteiger partial charge in [0.2, 0.25) is 0 Å². The number of ketones is 2. The third kappa shape index (κ3) is 15.1. The van der Waals surface area contributed by atoms with E-state index in [2.05, 4.69) is 11.9 Å². The van der Waals surface area contributed by atoms with Crippen molar-refractivity contribution in [3.63, 3.8) is 0 Å². The van der Waals surface area contributed by atoms with Crippen molar-refractivity contribution in [1.29, 1.82) is 0 Å². The fourth-order valence-electron chi connectivity index (χ4n) is 14.9. The Morgan fingerprint density at radius 1 is 0.793 bits per heavy atom. The maximum absolute atomic E-state index is 18.2. The van der Waals surface area contributed by atoms with E-state index in [4.69, 9.17) is 28.0 Å². The van der Waals surface area contributed by atoms with Gasteiger partial charge in [-0.1, -0.05) is 116 Å². The van der Waals surface area contributed by atoms with Crippen molar-refractivity contribution < 1.29 is 76.7 Å². The van der Waals surface area contributed by atoms with E-state index in [9.17, 15) is 39.5 Å². The Morgan fingerprint density at radius 2 is 1.33 bits per heavy atom. The molecule has 10 atom stereocenters. The summed E-state index contributed by atoms with van der Waals surface area (Å²) >= 11 is 0. The van der Waals surface area contributed by atoms with Crippen molar-refractivity contribution in [2.75, 3.05) is 33.3 Å². The summed E-state index contributed by atoms with van der Waals surface area (Å²) in [7, 11) is -1.82. The summed E-state index contributed by atoms with van der Waals surface area (Å²) in [5.74, 6) is -1.22. The van der Waals surface area contributed by atoms with Gasteiger partial charge >= 0.3 is 13.9 Å². The minimum Gasteiger partial charge on any atom is -0.508 e. The first-order chi connectivity index (χ1) is 42.7. The summed E-state index contributed by atoms with van der Waals surface area (Å²) < 4.78 is 66.0. The average molecular weight is 1300 g/mol. The highest BCUT2D eigenvalue weighted by Gasteiger charge is 2.79. The molecule has 0 aromatic heterocycles. The molecule has 0 radical (unpaired) electrons. The van der Waals surface area contributed by atoms with Crippen LogP contribution in [0.15, 0.2) is 133 Å². The molecule has 92 heavy (non-hydrogen) atoms. The van der Waals surface area contributed by atoms with E-state index in [1.165, 1.54) is 23.1 Å². The molecule has 4 aromatic carbocycles. The SMILES string of the molecule is CC(C)(C)OC(=O)N(CC(O)c1ccc(O)c(CO)c1)C(C)(C)C.CC(C)(C)OP(=O)(O)OC(C)(C)C.CN1CCC(C2O[C@H]3C[C@H]4[C@@H]5CCC6=CC(=O)C=C[C@]6(C)C5(F)[C@@H](O)C[C@]4(C)[C@]3(C(=O)COC(c3ccccc3)(c3ccccc3)c3ccccc3)O2)CC1. The smallest absolute Gasteiger partial charge is 0.473 e. The number of halogens is 1. The zero-order chi connectivity index (χ0) is 67.8. The third-order valence-corrected chi connectivity index (χ3v) is 20.7. The predicted molar refractivity (Wildman–Crippen MR) is 350 cm³/mol. The van der Waals surface area contributed by atoms with E-state index in [1.807, 2.05) is 126 Å². The van der Waals surface area contributed by atoms with Gasteiger partial charge in [0.05, 0.1) is 42.7 Å². The quantitative estimate of drug-likeness (QED) is 0.0584. The Bertz CT molecular complexity index is 3220. The maximum Gasteiger partial charge on any atom is 0.473 e. The Labute approximate surface area is 543 Å². The highest BCUT2D eigenvalue weighted by Crippen LogP contribution is 2.72. The molecule has 1 amide bonds. The van der Waals surface area contributed by atoms with Gasteiger partial charge in [-0.15, -0.1) is 0 Å². The van der Waals surface area contributed by atoms with Crippen LogP contribution in [-0.2, 0) is 54.4 Å². The number of aliphatic hydroxyl groups is 3. The number of carbonyl (C=O) groups excluding carboxylic acids is 3. The fraction of sp³-hybridized carbons (Fsp3) is 0.575. The molecule has 4 aliphatic carbocycles. The number of carbonyl (C=O) groups is 3. The summed E-state index contributed by atoms with van der Waals surface area (Å²) in [5.41, 5.74) is -5.08. The number of nitrogens with zero attached hydrogens (tertiary/aromatic N) is 2. The predicted octanol–water partition coefficient (Wildman–Crippen LogP) is 13.0. The van der Waals surface area contributed by atoms with E-state index in [1.54, 1.807) is 80.5 Å². The minimum absolute atomic E-state index is 0.0161. The number of likely N-dealkylation sites (tertiary alicyclic amines) is 1. The highest BCUT2D eigenvalue weighted by atomic mass is 31.2. The van der Waals surface area contributed by atoms with Gasteiger partial charge in [-0.25, -0.2) is 13.8 Å². The Kier molecular flexibility index (Phi) is 21.5. The number of amides is 1. The number of rotatable bonds is 14. The Balaban J connectivity index is 0.000000243. The lowest BCUT2D eigenvalue weighted by Crippen LogP contribution is -2.70. The number of alkyl halides is 1. The molecule has 3 saturated carbocycles. The number of hydrogen-bond donors (Lipinski definition) is 5. The molecule has 504 valence electrons. The number of phenols is 1. The van der Waals surface area contributed by atoms with Crippen LogP contribution in [0.3, 0.4) is 0 Å². The van der Waals surface area contributed by atoms with Crippen LogP contribution in [0, 0.1) is 28.6 Å². The van der Waals surface area contributed by atoms with Crippen LogP contribution in [0.25, 0.3) is 0 Å². The van der Waals surface area contributed by atoms with Crippen molar-refractivity contribution in [3.05, 3.63) is 161 Å². The molecular weight excluding hydrogens is 1190 g/mol. The van der Waals surface area contributed by atoms with Crippen LogP contribution < -0.4 is 0 Å². The first kappa shape index (κ1) is 72.4. The summed E-state index contributed by atoms with van der Waals surface area (Å²) in [4.78, 5) is 53.6. The van der Waals surface area contributed by atoms with Crippen molar-refractivity contribution >= 4 is 25.5 Å². The van der Waals surface area contributed by atoms with Gasteiger partial charge in [-0.3, -0.25) is 18.6 Å². The van der Waals surface area contributed by atoms with Gasteiger partial charge < -0.3 is 54.1 Å². The summed E-state index contributed by atoms with van der Waals surface area (Å²) in [6.45, 7) is 26.2. The molecule has 17 nitrogen and oxygen atoms in total. The van der Waals surface area contributed by atoms with E-state index in [-0.39, 0.29) is 55.3 Å². The number of Topliss-reactive ketones (excluding diaryl/α,β-unsaturated/α-hetero) is 1. The second-order valence-electron chi connectivity index (χ2n) is 30.2.